The zero-order chi connectivity index (χ0) is 52.3. The molecule has 0 spiro atoms. The summed E-state index contributed by atoms with van der Waals surface area (Å²) in [5.74, 6) is -13.9. The van der Waals surface area contributed by atoms with Crippen molar-refractivity contribution in [1.82, 2.24) is 19.9 Å². The number of halogens is 8. The quantitative estimate of drug-likeness (QED) is 0.0614. The van der Waals surface area contributed by atoms with Crippen LogP contribution in [0, 0.1) is 46.5 Å². The van der Waals surface area contributed by atoms with Crippen LogP contribution < -0.4 is 0 Å². The standard InChI is InChI=1S/C44H26F8N4O12S4/c45-17-1-13-29(69(57,58)59)41(49)33(17)37-21-5-7-23(53-21)38(34-18(46)2-14-30(42(34)50)70(60,61)62)25-9-11-27(55-25)40(36-20(48)4-16-32(44(36)52)72(66,67)68)28-12-10-26(56-28)39(24-8-6-22(37)54-24)35-19(47)3-15-31(43(35)51)71(63,64)65/h1-5,7,10,12-16,53,56H,6,8-9,11H2,(H,57,58,59)(H,60,61,62)(H,63,64,65)(H,66,67,68). The lowest BCUT2D eigenvalue weighted by Crippen LogP contribution is -2.06. The van der Waals surface area contributed by atoms with Crippen LogP contribution in [0.3, 0.4) is 0 Å². The van der Waals surface area contributed by atoms with Gasteiger partial charge in [-0.3, -0.25) is 28.2 Å². The summed E-state index contributed by atoms with van der Waals surface area (Å²) in [6.07, 6.45) is -2.10. The van der Waals surface area contributed by atoms with Crippen LogP contribution in [0.15, 0.2) is 92.4 Å². The minimum absolute atomic E-state index is 0.365. The molecule has 72 heavy (non-hydrogen) atoms. The SMILES string of the molecule is O=S(=O)(O)c1ccc(F)c(-c2c3nc(c(-c4c(F)ccc(S(=O)(=O)O)c4F)c4ccc([nH]4)c(-c4c(F)ccc(S(=O)(=O)O)c4F)c4nc(c(-c5c(F)ccc(S(=O)(=O)O)c5F)c5ccc2[nH]5)CC4)CC3)c1F. The number of aromatic amines is 2. The van der Waals surface area contributed by atoms with Crippen molar-refractivity contribution in [2.45, 2.75) is 45.3 Å². The number of aryl methyl sites for hydroxylation is 4. The van der Waals surface area contributed by atoms with Gasteiger partial charge in [0.15, 0.2) is 23.3 Å². The van der Waals surface area contributed by atoms with Gasteiger partial charge in [-0.25, -0.2) is 35.1 Å². The molecule has 0 saturated carbocycles. The molecular formula is C44H26F8N4O12S4. The van der Waals surface area contributed by atoms with Gasteiger partial charge in [0.25, 0.3) is 40.5 Å². The number of fused-ring (bicyclic) bond motifs is 8. The monoisotopic (exact) mass is 1080 g/mol. The lowest BCUT2D eigenvalue weighted by molar-refractivity contribution is 0.469. The van der Waals surface area contributed by atoms with Crippen LogP contribution in [0.5, 0.6) is 0 Å². The maximum atomic E-state index is 16.6. The molecule has 0 aliphatic carbocycles. The number of rotatable bonds is 8. The fourth-order valence-electron chi connectivity index (χ4n) is 8.70. The second-order valence-electron chi connectivity index (χ2n) is 15.9. The zero-order valence-electron chi connectivity index (χ0n) is 35.4. The van der Waals surface area contributed by atoms with E-state index in [1.807, 2.05) is 0 Å². The van der Waals surface area contributed by atoms with E-state index in [-0.39, 0.29) is 0 Å². The highest BCUT2D eigenvalue weighted by atomic mass is 32.2. The Morgan fingerprint density at radius 2 is 0.514 bits per heavy atom. The summed E-state index contributed by atoms with van der Waals surface area (Å²) in [5.41, 5.74) is -11.9. The first-order chi connectivity index (χ1) is 33.6. The van der Waals surface area contributed by atoms with Crippen molar-refractivity contribution in [1.29, 1.82) is 0 Å². The van der Waals surface area contributed by atoms with Gasteiger partial charge in [0, 0.05) is 44.3 Å². The summed E-state index contributed by atoms with van der Waals surface area (Å²) in [4.78, 5) is 8.28. The first-order valence-electron chi connectivity index (χ1n) is 20.2. The normalized spacial score (nSPS) is 13.5. The van der Waals surface area contributed by atoms with E-state index in [2.05, 4.69) is 19.9 Å². The molecule has 8 bridgehead atoms. The van der Waals surface area contributed by atoms with Gasteiger partial charge in [0.1, 0.15) is 42.9 Å². The maximum Gasteiger partial charge on any atom is 0.297 e. The van der Waals surface area contributed by atoms with Crippen molar-refractivity contribution >= 4 is 62.5 Å². The minimum Gasteiger partial charge on any atom is -0.354 e. The second-order valence-corrected chi connectivity index (χ2v) is 21.5. The van der Waals surface area contributed by atoms with Crippen molar-refractivity contribution in [3.05, 3.63) is 142 Å². The third-order valence-corrected chi connectivity index (χ3v) is 15.2. The Kier molecular flexibility index (Phi) is 12.1. The van der Waals surface area contributed by atoms with Gasteiger partial charge in [0.2, 0.25) is 0 Å². The highest BCUT2D eigenvalue weighted by Gasteiger charge is 2.33. The molecule has 9 rings (SSSR count). The van der Waals surface area contributed by atoms with E-state index in [1.165, 1.54) is 0 Å². The van der Waals surface area contributed by atoms with Gasteiger partial charge in [0.05, 0.1) is 45.0 Å². The van der Waals surface area contributed by atoms with Crippen LogP contribution in [0.25, 0.3) is 66.6 Å². The van der Waals surface area contributed by atoms with Crippen molar-refractivity contribution < 1.29 is 87.0 Å². The summed E-state index contributed by atoms with van der Waals surface area (Å²) < 4.78 is 270. The molecule has 3 aromatic heterocycles. The van der Waals surface area contributed by atoms with Crippen molar-refractivity contribution in [3.63, 3.8) is 0 Å². The molecule has 0 saturated heterocycles. The molecule has 0 atom stereocenters. The Morgan fingerprint density at radius 1 is 0.319 bits per heavy atom. The number of aromatic nitrogens is 4. The molecular weight excluding hydrogens is 1060 g/mol. The lowest BCUT2D eigenvalue weighted by atomic mass is 9.99. The largest absolute Gasteiger partial charge is 0.354 e. The Hall–Kier alpha value is -6.92. The van der Waals surface area contributed by atoms with E-state index in [1.54, 1.807) is 0 Å². The summed E-state index contributed by atoms with van der Waals surface area (Å²) in [7, 11) is -21.9. The summed E-state index contributed by atoms with van der Waals surface area (Å²) in [6.45, 7) is 0. The van der Waals surface area contributed by atoms with E-state index in [0.717, 1.165) is 24.3 Å². The van der Waals surface area contributed by atoms with Gasteiger partial charge < -0.3 is 9.97 Å². The summed E-state index contributed by atoms with van der Waals surface area (Å²) in [5, 5.41) is 0. The predicted molar refractivity (Wildman–Crippen MR) is 236 cm³/mol. The molecule has 0 radical (unpaired) electrons. The number of nitrogens with zero attached hydrogens (tertiary/aromatic N) is 2. The fourth-order valence-corrected chi connectivity index (χ4v) is 11.0. The molecule has 0 unspecified atom stereocenters. The second kappa shape index (κ2) is 17.4. The van der Waals surface area contributed by atoms with Crippen molar-refractivity contribution in [2.75, 3.05) is 0 Å². The summed E-state index contributed by atoms with van der Waals surface area (Å²) >= 11 is 0. The first-order valence-corrected chi connectivity index (χ1v) is 25.9. The van der Waals surface area contributed by atoms with Crippen molar-refractivity contribution in [3.8, 4) is 44.5 Å². The van der Waals surface area contributed by atoms with Crippen LogP contribution in [-0.4, -0.2) is 71.8 Å². The molecule has 0 fully saturated rings. The fraction of sp³-hybridized carbons (Fsp3) is 0.0909. The van der Waals surface area contributed by atoms with Gasteiger partial charge >= 0.3 is 0 Å². The van der Waals surface area contributed by atoms with Crippen LogP contribution >= 0.6 is 0 Å². The Morgan fingerprint density at radius 3 is 0.694 bits per heavy atom. The summed E-state index contributed by atoms with van der Waals surface area (Å²) in [6, 6.07) is 7.15. The average molecular weight is 1080 g/mol. The Balaban J connectivity index is 1.59. The molecule has 0 amide bonds. The topological polar surface area (TPSA) is 275 Å². The average Bonchev–Trinajstić information content (AvgIpc) is 4.11. The number of benzene rings is 4. The van der Waals surface area contributed by atoms with Crippen LogP contribution in [0.1, 0.15) is 22.8 Å². The Bertz CT molecular complexity index is 3700. The third kappa shape index (κ3) is 8.50. The highest BCUT2D eigenvalue weighted by molar-refractivity contribution is 7.86. The van der Waals surface area contributed by atoms with Gasteiger partial charge in [-0.15, -0.1) is 0 Å². The molecule has 4 aromatic carbocycles. The van der Waals surface area contributed by atoms with Crippen LogP contribution in [0.4, 0.5) is 35.1 Å². The number of hydrogen-bond acceptors (Lipinski definition) is 10. The molecule has 28 heteroatoms. The van der Waals surface area contributed by atoms with E-state index < -0.39 is 222 Å². The molecule has 374 valence electrons. The van der Waals surface area contributed by atoms with E-state index >= 15 is 35.1 Å². The third-order valence-electron chi connectivity index (χ3n) is 11.7. The molecule has 2 aliphatic heterocycles. The molecule has 2 aliphatic rings. The maximum absolute atomic E-state index is 16.6. The first kappa shape index (κ1) is 50.0. The zero-order valence-corrected chi connectivity index (χ0v) is 38.6. The van der Waals surface area contributed by atoms with Crippen molar-refractivity contribution in [2.24, 2.45) is 0 Å². The van der Waals surface area contributed by atoms with E-state index in [9.17, 15) is 51.9 Å². The van der Waals surface area contributed by atoms with Crippen LogP contribution in [-0.2, 0) is 66.2 Å². The minimum atomic E-state index is -5.49. The Labute approximate surface area is 399 Å². The smallest absolute Gasteiger partial charge is 0.297 e. The molecule has 6 N–H and O–H groups in total. The van der Waals surface area contributed by atoms with Gasteiger partial charge in [-0.2, -0.15) is 33.7 Å². The van der Waals surface area contributed by atoms with Crippen LogP contribution in [0.2, 0.25) is 0 Å². The van der Waals surface area contributed by atoms with E-state index in [0.29, 0.717) is 48.5 Å². The number of H-pyrrole nitrogens is 2. The molecule has 16 nitrogen and oxygen atoms in total. The lowest BCUT2D eigenvalue weighted by Gasteiger charge is -2.12. The van der Waals surface area contributed by atoms with Gasteiger partial charge in [-0.05, 0) is 98.5 Å². The number of nitrogens with one attached hydrogen (secondary N) is 2. The molecule has 7 aromatic rings. The number of hydrogen-bond donors (Lipinski definition) is 6. The van der Waals surface area contributed by atoms with E-state index in [4.69, 9.17) is 0 Å². The van der Waals surface area contributed by atoms with Gasteiger partial charge in [-0.1, -0.05) is 0 Å². The molecule has 5 heterocycles. The predicted octanol–water partition coefficient (Wildman–Crippen LogP) is 8.65. The highest BCUT2D eigenvalue weighted by Crippen LogP contribution is 2.44.